The second-order valence-electron chi connectivity index (χ2n) is 4.29. The zero-order chi connectivity index (χ0) is 13.3. The first-order valence-corrected chi connectivity index (χ1v) is 6.31. The number of rotatable bonds is 9. The van der Waals surface area contributed by atoms with Gasteiger partial charge in [-0.05, 0) is 12.8 Å². The molecule has 5 nitrogen and oxygen atoms in total. The van der Waals surface area contributed by atoms with Gasteiger partial charge in [-0.2, -0.15) is 0 Å². The molecular formula is C12H24N2O3. The smallest absolute Gasteiger partial charge is 0.326 e. The minimum absolute atomic E-state index is 0.359. The Kier molecular flexibility index (Phi) is 8.40. The molecule has 0 bridgehead atoms. The third-order valence-electron chi connectivity index (χ3n) is 2.67. The lowest BCUT2D eigenvalue weighted by Crippen LogP contribution is -2.48. The van der Waals surface area contributed by atoms with Crippen LogP contribution in [0, 0.1) is 0 Å². The first-order valence-electron chi connectivity index (χ1n) is 6.31. The fourth-order valence-corrected chi connectivity index (χ4v) is 1.50. The minimum Gasteiger partial charge on any atom is -0.480 e. The molecule has 0 aromatic carbocycles. The highest BCUT2D eigenvalue weighted by Crippen LogP contribution is 2.03. The van der Waals surface area contributed by atoms with Gasteiger partial charge in [-0.1, -0.05) is 39.5 Å². The molecule has 0 aliphatic carbocycles. The Balaban J connectivity index is 4.15. The van der Waals surface area contributed by atoms with Crippen molar-refractivity contribution >= 4 is 11.9 Å². The van der Waals surface area contributed by atoms with Gasteiger partial charge >= 0.3 is 5.97 Å². The van der Waals surface area contributed by atoms with Crippen molar-refractivity contribution in [1.82, 2.24) is 5.32 Å². The van der Waals surface area contributed by atoms with E-state index in [4.69, 9.17) is 10.8 Å². The first kappa shape index (κ1) is 15.9. The van der Waals surface area contributed by atoms with Gasteiger partial charge in [-0.25, -0.2) is 4.79 Å². The van der Waals surface area contributed by atoms with Crippen LogP contribution in [0.5, 0.6) is 0 Å². The number of carboxylic acid groups (broad SMARTS) is 1. The van der Waals surface area contributed by atoms with E-state index in [1.165, 1.54) is 0 Å². The number of aliphatic carboxylic acids is 1. The molecule has 0 aliphatic rings. The van der Waals surface area contributed by atoms with E-state index in [1.54, 1.807) is 0 Å². The van der Waals surface area contributed by atoms with Crippen LogP contribution in [0.15, 0.2) is 0 Å². The van der Waals surface area contributed by atoms with Crippen LogP contribution >= 0.6 is 0 Å². The van der Waals surface area contributed by atoms with E-state index in [0.29, 0.717) is 12.8 Å². The molecule has 1 amide bonds. The zero-order valence-corrected chi connectivity index (χ0v) is 10.7. The Hall–Kier alpha value is -1.10. The lowest BCUT2D eigenvalue weighted by atomic mass is 10.1. The molecule has 2 atom stereocenters. The van der Waals surface area contributed by atoms with Crippen molar-refractivity contribution in [3.05, 3.63) is 0 Å². The summed E-state index contributed by atoms with van der Waals surface area (Å²) < 4.78 is 0. The fourth-order valence-electron chi connectivity index (χ4n) is 1.50. The Bertz CT molecular complexity index is 244. The van der Waals surface area contributed by atoms with E-state index >= 15 is 0 Å². The van der Waals surface area contributed by atoms with E-state index in [9.17, 15) is 9.59 Å². The van der Waals surface area contributed by atoms with Crippen molar-refractivity contribution in [2.75, 3.05) is 0 Å². The number of nitrogens with two attached hydrogens (primary N) is 1. The van der Waals surface area contributed by atoms with Gasteiger partial charge in [0.05, 0.1) is 6.04 Å². The molecule has 0 radical (unpaired) electrons. The largest absolute Gasteiger partial charge is 0.480 e. The molecule has 0 rings (SSSR count). The molecule has 0 saturated carbocycles. The van der Waals surface area contributed by atoms with Crippen molar-refractivity contribution in [2.24, 2.45) is 5.73 Å². The molecule has 0 heterocycles. The van der Waals surface area contributed by atoms with Crippen LogP contribution in [0.25, 0.3) is 0 Å². The fraction of sp³-hybridized carbons (Fsp3) is 0.833. The normalized spacial score (nSPS) is 14.1. The quantitative estimate of drug-likeness (QED) is 0.569. The Morgan fingerprint density at radius 3 is 2.18 bits per heavy atom. The highest BCUT2D eigenvalue weighted by Gasteiger charge is 2.22. The molecule has 5 heteroatoms. The number of nitrogens with one attached hydrogen (secondary N) is 1. The van der Waals surface area contributed by atoms with Gasteiger partial charge in [0, 0.05) is 0 Å². The topological polar surface area (TPSA) is 92.4 Å². The van der Waals surface area contributed by atoms with Crippen molar-refractivity contribution < 1.29 is 14.7 Å². The summed E-state index contributed by atoms with van der Waals surface area (Å²) in [5.41, 5.74) is 5.68. The highest BCUT2D eigenvalue weighted by molar-refractivity contribution is 5.86. The number of carbonyl (C=O) groups is 2. The maximum Gasteiger partial charge on any atom is 0.326 e. The summed E-state index contributed by atoms with van der Waals surface area (Å²) in [6.07, 6.45) is 4.59. The second kappa shape index (κ2) is 8.98. The molecular weight excluding hydrogens is 220 g/mol. The van der Waals surface area contributed by atoms with Crippen LogP contribution < -0.4 is 11.1 Å². The average Bonchev–Trinajstić information content (AvgIpc) is 2.30. The molecule has 0 aliphatic heterocycles. The number of amides is 1. The minimum atomic E-state index is -0.991. The summed E-state index contributed by atoms with van der Waals surface area (Å²) in [5, 5.41) is 11.4. The number of hydrogen-bond donors (Lipinski definition) is 3. The predicted molar refractivity (Wildman–Crippen MR) is 66.6 cm³/mol. The maximum absolute atomic E-state index is 11.6. The third kappa shape index (κ3) is 6.94. The van der Waals surface area contributed by atoms with Crippen molar-refractivity contribution in [1.29, 1.82) is 0 Å². The van der Waals surface area contributed by atoms with Gasteiger partial charge in [0.1, 0.15) is 6.04 Å². The molecule has 0 aromatic heterocycles. The molecule has 0 saturated heterocycles. The van der Waals surface area contributed by atoms with Crippen LogP contribution in [0.3, 0.4) is 0 Å². The van der Waals surface area contributed by atoms with E-state index < -0.39 is 18.1 Å². The first-order chi connectivity index (χ1) is 8.02. The predicted octanol–water partition coefficient (Wildman–Crippen LogP) is 1.26. The number of carboxylic acids is 1. The standard InChI is InChI=1S/C12H24N2O3/c1-3-5-7-9(13)11(15)14-10(12(16)17)8-6-4-2/h9-10H,3-8,13H2,1-2H3,(H,14,15)(H,16,17)/t9-,10-/m0/s1. The monoisotopic (exact) mass is 244 g/mol. The van der Waals surface area contributed by atoms with Crippen LogP contribution in [-0.4, -0.2) is 29.1 Å². The van der Waals surface area contributed by atoms with E-state index in [1.807, 2.05) is 13.8 Å². The molecule has 17 heavy (non-hydrogen) atoms. The van der Waals surface area contributed by atoms with Crippen LogP contribution in [-0.2, 0) is 9.59 Å². The van der Waals surface area contributed by atoms with E-state index in [0.717, 1.165) is 25.7 Å². The maximum atomic E-state index is 11.6. The van der Waals surface area contributed by atoms with Gasteiger partial charge in [0.2, 0.25) is 5.91 Å². The van der Waals surface area contributed by atoms with E-state index in [2.05, 4.69) is 5.32 Å². The number of carbonyl (C=O) groups excluding carboxylic acids is 1. The molecule has 0 aromatic rings. The SMILES string of the molecule is CCCC[C@H](NC(=O)[C@@H](N)CCCC)C(=O)O. The van der Waals surface area contributed by atoms with E-state index in [-0.39, 0.29) is 5.91 Å². The summed E-state index contributed by atoms with van der Waals surface area (Å²) >= 11 is 0. The second-order valence-corrected chi connectivity index (χ2v) is 4.29. The van der Waals surface area contributed by atoms with Gasteiger partial charge in [0.25, 0.3) is 0 Å². The average molecular weight is 244 g/mol. The number of unbranched alkanes of at least 4 members (excludes halogenated alkanes) is 2. The summed E-state index contributed by atoms with van der Waals surface area (Å²) in [5.74, 6) is -1.35. The summed E-state index contributed by atoms with van der Waals surface area (Å²) in [6, 6.07) is -1.41. The lowest BCUT2D eigenvalue weighted by molar-refractivity contribution is -0.142. The van der Waals surface area contributed by atoms with Crippen LogP contribution in [0.4, 0.5) is 0 Å². The van der Waals surface area contributed by atoms with Gasteiger partial charge < -0.3 is 16.2 Å². The summed E-state index contributed by atoms with van der Waals surface area (Å²) in [7, 11) is 0. The van der Waals surface area contributed by atoms with Crippen molar-refractivity contribution in [2.45, 2.75) is 64.5 Å². The summed E-state index contributed by atoms with van der Waals surface area (Å²) in [6.45, 7) is 4.00. The molecule has 100 valence electrons. The van der Waals surface area contributed by atoms with Gasteiger partial charge in [-0.15, -0.1) is 0 Å². The van der Waals surface area contributed by atoms with Crippen molar-refractivity contribution in [3.8, 4) is 0 Å². The Morgan fingerprint density at radius 2 is 1.71 bits per heavy atom. The lowest BCUT2D eigenvalue weighted by Gasteiger charge is -2.17. The highest BCUT2D eigenvalue weighted by atomic mass is 16.4. The Morgan fingerprint density at radius 1 is 1.18 bits per heavy atom. The van der Waals surface area contributed by atoms with Crippen molar-refractivity contribution in [3.63, 3.8) is 0 Å². The van der Waals surface area contributed by atoms with Gasteiger partial charge in [0.15, 0.2) is 0 Å². The summed E-state index contributed by atoms with van der Waals surface area (Å²) in [4.78, 5) is 22.5. The molecule has 0 unspecified atom stereocenters. The van der Waals surface area contributed by atoms with Crippen LogP contribution in [0.1, 0.15) is 52.4 Å². The van der Waals surface area contributed by atoms with Gasteiger partial charge in [-0.3, -0.25) is 4.79 Å². The third-order valence-corrected chi connectivity index (χ3v) is 2.67. The Labute approximate surface area is 103 Å². The van der Waals surface area contributed by atoms with Crippen LogP contribution in [0.2, 0.25) is 0 Å². The molecule has 4 N–H and O–H groups in total. The molecule has 0 fully saturated rings. The molecule has 0 spiro atoms. The zero-order valence-electron chi connectivity index (χ0n) is 10.7. The number of hydrogen-bond acceptors (Lipinski definition) is 3.